The minimum atomic E-state index is -0.152. The molecule has 4 heterocycles. The number of nitrogens with zero attached hydrogens (tertiary/aromatic N) is 2. The average molecular weight is 420 g/mol. The summed E-state index contributed by atoms with van der Waals surface area (Å²) in [6.07, 6.45) is 5.90. The second kappa shape index (κ2) is 9.13. The molecular weight excluding hydrogens is 390 g/mol. The van der Waals surface area contributed by atoms with Crippen LogP contribution in [0, 0.1) is 0 Å². The van der Waals surface area contributed by atoms with E-state index in [-0.39, 0.29) is 29.9 Å². The Kier molecular flexibility index (Phi) is 6.34. The summed E-state index contributed by atoms with van der Waals surface area (Å²) >= 11 is 5.40. The topological polar surface area (TPSA) is 89.9 Å². The fourth-order valence-electron chi connectivity index (χ4n) is 4.58. The van der Waals surface area contributed by atoms with Gasteiger partial charge in [-0.15, -0.1) is 0 Å². The third kappa shape index (κ3) is 4.90. The number of furan rings is 1. The molecule has 1 aromatic rings. The Hall–Kier alpha value is -2.13. The molecule has 9 heteroatoms. The minimum absolute atomic E-state index is 0.0749. The third-order valence-electron chi connectivity index (χ3n) is 6.11. The third-order valence-corrected chi connectivity index (χ3v) is 6.37. The number of carbonyl (C=O) groups excluding carboxylic acids is 2. The Balaban J connectivity index is 1.27. The van der Waals surface area contributed by atoms with Crippen LogP contribution >= 0.6 is 12.2 Å². The van der Waals surface area contributed by atoms with Crippen molar-refractivity contribution in [2.75, 3.05) is 26.2 Å². The number of thiocarbonyl (C=S) groups is 1. The highest BCUT2D eigenvalue weighted by molar-refractivity contribution is 7.80. The van der Waals surface area contributed by atoms with Crippen LogP contribution in [0.5, 0.6) is 0 Å². The Bertz CT molecular complexity index is 734. The van der Waals surface area contributed by atoms with E-state index in [1.54, 1.807) is 6.26 Å². The minimum Gasteiger partial charge on any atom is -0.467 e. The molecule has 0 spiro atoms. The summed E-state index contributed by atoms with van der Waals surface area (Å²) in [4.78, 5) is 29.0. The van der Waals surface area contributed by atoms with Gasteiger partial charge in [0.2, 0.25) is 11.8 Å². The van der Waals surface area contributed by atoms with Gasteiger partial charge in [0, 0.05) is 44.7 Å². The van der Waals surface area contributed by atoms with Crippen LogP contribution in [0.2, 0.25) is 0 Å². The molecule has 4 rings (SSSR count). The zero-order valence-electron chi connectivity index (χ0n) is 16.6. The Morgan fingerprint density at radius 1 is 1.34 bits per heavy atom. The molecule has 158 valence electrons. The molecule has 0 bridgehead atoms. The van der Waals surface area contributed by atoms with Crippen LogP contribution < -0.4 is 16.0 Å². The summed E-state index contributed by atoms with van der Waals surface area (Å²) in [7, 11) is 0. The van der Waals surface area contributed by atoms with Gasteiger partial charge in [-0.25, -0.2) is 0 Å². The number of likely N-dealkylation sites (tertiary alicyclic amines) is 1. The van der Waals surface area contributed by atoms with Gasteiger partial charge in [0.05, 0.1) is 18.8 Å². The molecule has 2 amide bonds. The van der Waals surface area contributed by atoms with Gasteiger partial charge >= 0.3 is 0 Å². The SMILES string of the molecule is O=C1NC[C@@H](CCC(=O)N2CCCC2)N2C[C@H](NC(=S)NCc3ccco3)C[C@@H]12. The van der Waals surface area contributed by atoms with Gasteiger partial charge in [-0.1, -0.05) is 0 Å². The first-order valence-corrected chi connectivity index (χ1v) is 10.9. The Labute approximate surface area is 176 Å². The van der Waals surface area contributed by atoms with E-state index in [0.29, 0.717) is 31.0 Å². The molecule has 3 atom stereocenters. The van der Waals surface area contributed by atoms with Crippen molar-refractivity contribution in [2.24, 2.45) is 0 Å². The van der Waals surface area contributed by atoms with Crippen molar-refractivity contribution in [2.45, 2.75) is 56.8 Å². The number of carbonyl (C=O) groups is 2. The molecule has 29 heavy (non-hydrogen) atoms. The molecule has 3 aliphatic heterocycles. The van der Waals surface area contributed by atoms with Crippen molar-refractivity contribution in [1.29, 1.82) is 0 Å². The highest BCUT2D eigenvalue weighted by atomic mass is 32.1. The monoisotopic (exact) mass is 419 g/mol. The van der Waals surface area contributed by atoms with Crippen molar-refractivity contribution in [1.82, 2.24) is 25.8 Å². The largest absolute Gasteiger partial charge is 0.467 e. The molecule has 0 aliphatic carbocycles. The number of fused-ring (bicyclic) bond motifs is 1. The van der Waals surface area contributed by atoms with Crippen LogP contribution in [0.15, 0.2) is 22.8 Å². The molecule has 3 N–H and O–H groups in total. The van der Waals surface area contributed by atoms with E-state index in [1.165, 1.54) is 0 Å². The lowest BCUT2D eigenvalue weighted by Crippen LogP contribution is -2.58. The number of nitrogens with one attached hydrogen (secondary N) is 3. The van der Waals surface area contributed by atoms with Crippen LogP contribution in [0.25, 0.3) is 0 Å². The fourth-order valence-corrected chi connectivity index (χ4v) is 4.82. The second-order valence-corrected chi connectivity index (χ2v) is 8.49. The van der Waals surface area contributed by atoms with Crippen molar-refractivity contribution in [3.63, 3.8) is 0 Å². The second-order valence-electron chi connectivity index (χ2n) is 8.08. The lowest BCUT2D eigenvalue weighted by molar-refractivity contribution is -0.131. The van der Waals surface area contributed by atoms with Crippen molar-refractivity contribution in [3.8, 4) is 0 Å². The van der Waals surface area contributed by atoms with E-state index in [4.69, 9.17) is 16.6 Å². The van der Waals surface area contributed by atoms with E-state index in [2.05, 4.69) is 20.9 Å². The summed E-state index contributed by atoms with van der Waals surface area (Å²) < 4.78 is 5.30. The zero-order valence-corrected chi connectivity index (χ0v) is 17.4. The summed E-state index contributed by atoms with van der Waals surface area (Å²) in [5.41, 5.74) is 0. The zero-order chi connectivity index (χ0) is 20.2. The number of hydrogen-bond donors (Lipinski definition) is 3. The van der Waals surface area contributed by atoms with Crippen molar-refractivity contribution in [3.05, 3.63) is 24.2 Å². The molecule has 0 unspecified atom stereocenters. The lowest BCUT2D eigenvalue weighted by atomic mass is 10.0. The van der Waals surface area contributed by atoms with Crippen molar-refractivity contribution < 1.29 is 14.0 Å². The maximum atomic E-state index is 12.4. The molecule has 1 aromatic heterocycles. The van der Waals surface area contributed by atoms with E-state index in [9.17, 15) is 9.59 Å². The van der Waals surface area contributed by atoms with Crippen LogP contribution in [0.1, 0.15) is 37.9 Å². The smallest absolute Gasteiger partial charge is 0.237 e. The van der Waals surface area contributed by atoms with Gasteiger partial charge in [0.1, 0.15) is 5.76 Å². The normalized spacial score (nSPS) is 26.8. The highest BCUT2D eigenvalue weighted by Crippen LogP contribution is 2.26. The van der Waals surface area contributed by atoms with Gasteiger partial charge in [-0.05, 0) is 50.0 Å². The quantitative estimate of drug-likeness (QED) is 0.582. The molecular formula is C20H29N5O3S. The number of piperazine rings is 1. The maximum absolute atomic E-state index is 12.4. The van der Waals surface area contributed by atoms with Gasteiger partial charge in [0.15, 0.2) is 5.11 Å². The molecule has 3 fully saturated rings. The van der Waals surface area contributed by atoms with Crippen LogP contribution in [-0.4, -0.2) is 71.0 Å². The maximum Gasteiger partial charge on any atom is 0.237 e. The predicted molar refractivity (Wildman–Crippen MR) is 112 cm³/mol. The first-order valence-electron chi connectivity index (χ1n) is 10.5. The molecule has 3 aliphatic rings. The fraction of sp³-hybridized carbons (Fsp3) is 0.650. The first-order chi connectivity index (χ1) is 14.1. The molecule has 0 radical (unpaired) electrons. The van der Waals surface area contributed by atoms with E-state index in [0.717, 1.165) is 44.7 Å². The van der Waals surface area contributed by atoms with Crippen LogP contribution in [-0.2, 0) is 16.1 Å². The molecule has 0 saturated carbocycles. The van der Waals surface area contributed by atoms with Crippen LogP contribution in [0.3, 0.4) is 0 Å². The summed E-state index contributed by atoms with van der Waals surface area (Å²) in [5, 5.41) is 10.1. The highest BCUT2D eigenvalue weighted by Gasteiger charge is 2.43. The number of rotatable bonds is 6. The Morgan fingerprint density at radius 2 is 2.17 bits per heavy atom. The standard InChI is InChI=1S/C20H29N5O3S/c26-18(24-7-1-2-8-24)6-5-15-11-21-19(27)17-10-14(13-25(15)17)23-20(29)22-12-16-4-3-9-28-16/h3-4,9,14-15,17H,1-2,5-8,10-13H2,(H,21,27)(H2,22,23,29)/t14-,15-,17+/m1/s1. The summed E-state index contributed by atoms with van der Waals surface area (Å²) in [6.45, 7) is 3.67. The summed E-state index contributed by atoms with van der Waals surface area (Å²) in [5.74, 6) is 1.14. The van der Waals surface area contributed by atoms with Gasteiger partial charge in [-0.3, -0.25) is 14.5 Å². The van der Waals surface area contributed by atoms with Crippen molar-refractivity contribution >= 4 is 29.1 Å². The predicted octanol–water partition coefficient (Wildman–Crippen LogP) is 0.588. The summed E-state index contributed by atoms with van der Waals surface area (Å²) in [6, 6.07) is 3.89. The number of hydrogen-bond acceptors (Lipinski definition) is 5. The van der Waals surface area contributed by atoms with Crippen LogP contribution in [0.4, 0.5) is 0 Å². The first kappa shape index (κ1) is 20.2. The molecule has 3 saturated heterocycles. The van der Waals surface area contributed by atoms with E-state index >= 15 is 0 Å². The van der Waals surface area contributed by atoms with E-state index in [1.807, 2.05) is 17.0 Å². The van der Waals surface area contributed by atoms with E-state index < -0.39 is 0 Å². The lowest BCUT2D eigenvalue weighted by Gasteiger charge is -2.37. The number of amides is 2. The Morgan fingerprint density at radius 3 is 2.93 bits per heavy atom. The van der Waals surface area contributed by atoms with Gasteiger partial charge in [0.25, 0.3) is 0 Å². The average Bonchev–Trinajstić information content (AvgIpc) is 3.47. The molecule has 8 nitrogen and oxygen atoms in total. The van der Waals surface area contributed by atoms with Gasteiger partial charge < -0.3 is 25.3 Å². The van der Waals surface area contributed by atoms with Gasteiger partial charge in [-0.2, -0.15) is 0 Å². The molecule has 0 aromatic carbocycles.